The number of carboxylic acid groups (broad SMARTS) is 1. The van der Waals surface area contributed by atoms with Gasteiger partial charge in [-0.3, -0.25) is 4.79 Å². The van der Waals surface area contributed by atoms with Gasteiger partial charge in [-0.2, -0.15) is 5.26 Å². The highest BCUT2D eigenvalue weighted by Gasteiger charge is 2.33. The molecule has 0 unspecified atom stereocenters. The molecule has 2 aromatic rings. The summed E-state index contributed by atoms with van der Waals surface area (Å²) < 4.78 is 0. The molecular weight excluding hydrogens is 420 g/mol. The van der Waals surface area contributed by atoms with Gasteiger partial charge in [-0.25, -0.2) is 19.4 Å². The number of rotatable bonds is 6. The van der Waals surface area contributed by atoms with E-state index in [0.29, 0.717) is 19.3 Å². The van der Waals surface area contributed by atoms with E-state index in [1.165, 1.54) is 0 Å². The molecule has 0 radical (unpaired) electrons. The molecule has 1 heterocycles. The Morgan fingerprint density at radius 1 is 1.15 bits per heavy atom. The van der Waals surface area contributed by atoms with Crippen molar-refractivity contribution in [2.24, 2.45) is 0 Å². The van der Waals surface area contributed by atoms with Crippen LogP contribution in [0.1, 0.15) is 63.0 Å². The van der Waals surface area contributed by atoms with Gasteiger partial charge in [0, 0.05) is 24.3 Å². The van der Waals surface area contributed by atoms with Gasteiger partial charge >= 0.3 is 12.1 Å². The normalized spacial score (nSPS) is 14.0. The maximum atomic E-state index is 12.8. The lowest BCUT2D eigenvalue weighted by Gasteiger charge is -2.32. The molecule has 2 N–H and O–H groups in total. The standard InChI is InChI=1S/C25H30N4O4/c1-17(2)22-14-20(15-27-23(22)30)19-10-8-18(9-11-19)12-13-28(16-26)24(31)29(25(32)33)21-6-4-3-5-7-21/h8-11,14-15,17,21H,3-7,12-13H2,1-2H3,(H,27,30)(H,32,33). The zero-order valence-corrected chi connectivity index (χ0v) is 19.1. The molecule has 1 aromatic heterocycles. The van der Waals surface area contributed by atoms with Crippen LogP contribution in [0.3, 0.4) is 0 Å². The van der Waals surface area contributed by atoms with Crippen molar-refractivity contribution in [1.82, 2.24) is 14.8 Å². The van der Waals surface area contributed by atoms with Crippen molar-refractivity contribution >= 4 is 12.1 Å². The summed E-state index contributed by atoms with van der Waals surface area (Å²) in [5, 5.41) is 19.1. The molecule has 33 heavy (non-hydrogen) atoms. The SMILES string of the molecule is CC(C)c1cc(-c2ccc(CCN(C#N)C(=O)N(C(=O)O)C3CCCCC3)cc2)c[nH]c1=O. The predicted molar refractivity (Wildman–Crippen MR) is 125 cm³/mol. The van der Waals surface area contributed by atoms with E-state index in [2.05, 4.69) is 4.98 Å². The number of pyridine rings is 1. The summed E-state index contributed by atoms with van der Waals surface area (Å²) >= 11 is 0. The molecule has 0 spiro atoms. The van der Waals surface area contributed by atoms with Crippen LogP contribution < -0.4 is 5.56 Å². The molecule has 0 atom stereocenters. The van der Waals surface area contributed by atoms with Gasteiger partial charge in [0.1, 0.15) is 0 Å². The lowest BCUT2D eigenvalue weighted by molar-refractivity contribution is 0.110. The maximum Gasteiger partial charge on any atom is 0.415 e. The van der Waals surface area contributed by atoms with Crippen molar-refractivity contribution in [2.45, 2.75) is 64.3 Å². The number of aromatic amines is 1. The van der Waals surface area contributed by atoms with E-state index in [1.807, 2.05) is 50.4 Å². The van der Waals surface area contributed by atoms with E-state index in [4.69, 9.17) is 0 Å². The number of nitrogens with one attached hydrogen (secondary N) is 1. The summed E-state index contributed by atoms with van der Waals surface area (Å²) in [6.07, 6.45) is 6.73. The van der Waals surface area contributed by atoms with E-state index in [0.717, 1.165) is 51.3 Å². The zero-order valence-electron chi connectivity index (χ0n) is 19.1. The topological polar surface area (TPSA) is 118 Å². The van der Waals surface area contributed by atoms with Crippen LogP contribution in [0.25, 0.3) is 11.1 Å². The van der Waals surface area contributed by atoms with E-state index in [9.17, 15) is 24.8 Å². The molecule has 1 aliphatic rings. The Hall–Kier alpha value is -3.60. The smallest absolute Gasteiger partial charge is 0.415 e. The van der Waals surface area contributed by atoms with Gasteiger partial charge in [-0.15, -0.1) is 0 Å². The molecule has 0 saturated heterocycles. The predicted octanol–water partition coefficient (Wildman–Crippen LogP) is 4.92. The second kappa shape index (κ2) is 10.8. The fourth-order valence-corrected chi connectivity index (χ4v) is 4.25. The van der Waals surface area contributed by atoms with Gasteiger partial charge in [-0.05, 0) is 47.9 Å². The molecule has 3 amide bonds. The number of aromatic nitrogens is 1. The van der Waals surface area contributed by atoms with Crippen LogP contribution in [-0.2, 0) is 6.42 Å². The monoisotopic (exact) mass is 450 g/mol. The fraction of sp³-hybridized carbons (Fsp3) is 0.440. The van der Waals surface area contributed by atoms with Crippen molar-refractivity contribution < 1.29 is 14.7 Å². The summed E-state index contributed by atoms with van der Waals surface area (Å²) in [6, 6.07) is 8.42. The highest BCUT2D eigenvalue weighted by Crippen LogP contribution is 2.24. The summed E-state index contributed by atoms with van der Waals surface area (Å²) in [6.45, 7) is 4.04. The number of urea groups is 1. The van der Waals surface area contributed by atoms with Crippen LogP contribution in [0.5, 0.6) is 0 Å². The first-order valence-corrected chi connectivity index (χ1v) is 11.4. The average molecular weight is 451 g/mol. The molecule has 0 aliphatic heterocycles. The third-order valence-corrected chi connectivity index (χ3v) is 6.17. The molecule has 3 rings (SSSR count). The number of nitriles is 1. The lowest BCUT2D eigenvalue weighted by Crippen LogP contribution is -2.50. The van der Waals surface area contributed by atoms with Crippen LogP contribution in [0.4, 0.5) is 9.59 Å². The number of carbonyl (C=O) groups excluding carboxylic acids is 1. The number of benzene rings is 1. The molecule has 1 saturated carbocycles. The minimum Gasteiger partial charge on any atom is -0.465 e. The van der Waals surface area contributed by atoms with Crippen LogP contribution in [0, 0.1) is 11.5 Å². The second-order valence-corrected chi connectivity index (χ2v) is 8.75. The van der Waals surface area contributed by atoms with Crippen LogP contribution >= 0.6 is 0 Å². The van der Waals surface area contributed by atoms with Crippen molar-refractivity contribution in [3.63, 3.8) is 0 Å². The molecule has 8 nitrogen and oxygen atoms in total. The number of hydrogen-bond donors (Lipinski definition) is 2. The van der Waals surface area contributed by atoms with E-state index >= 15 is 0 Å². The quantitative estimate of drug-likeness (QED) is 0.478. The number of amides is 3. The van der Waals surface area contributed by atoms with Crippen LogP contribution in [0.15, 0.2) is 41.3 Å². The molecule has 1 aromatic carbocycles. The van der Waals surface area contributed by atoms with Crippen molar-refractivity contribution in [3.05, 3.63) is 58.0 Å². The van der Waals surface area contributed by atoms with Gasteiger partial charge in [-0.1, -0.05) is 57.4 Å². The summed E-state index contributed by atoms with van der Waals surface area (Å²) in [4.78, 5) is 41.1. The minimum atomic E-state index is -1.31. The lowest BCUT2D eigenvalue weighted by atomic mass is 9.94. The maximum absolute atomic E-state index is 12.8. The Balaban J connectivity index is 1.67. The summed E-state index contributed by atoms with van der Waals surface area (Å²) in [5.41, 5.74) is 3.40. The highest BCUT2D eigenvalue weighted by atomic mass is 16.4. The number of H-pyrrole nitrogens is 1. The van der Waals surface area contributed by atoms with Gasteiger partial charge in [0.05, 0.1) is 0 Å². The summed E-state index contributed by atoms with van der Waals surface area (Å²) in [5.74, 6) is 0.112. The Bertz CT molecular complexity index is 1080. The van der Waals surface area contributed by atoms with E-state index in [1.54, 1.807) is 6.20 Å². The number of nitrogens with zero attached hydrogens (tertiary/aromatic N) is 3. The first-order chi connectivity index (χ1) is 15.8. The average Bonchev–Trinajstić information content (AvgIpc) is 2.80. The van der Waals surface area contributed by atoms with E-state index in [-0.39, 0.29) is 24.1 Å². The molecule has 1 aliphatic carbocycles. The van der Waals surface area contributed by atoms with Crippen molar-refractivity contribution in [2.75, 3.05) is 6.54 Å². The third kappa shape index (κ3) is 5.80. The molecule has 8 heteroatoms. The van der Waals surface area contributed by atoms with E-state index < -0.39 is 12.1 Å². The number of hydrogen-bond acceptors (Lipinski definition) is 4. The zero-order chi connectivity index (χ0) is 24.0. The van der Waals surface area contributed by atoms with Gasteiger partial charge in [0.2, 0.25) is 0 Å². The van der Waals surface area contributed by atoms with Crippen LogP contribution in [0.2, 0.25) is 0 Å². The third-order valence-electron chi connectivity index (χ3n) is 6.17. The Labute approximate surface area is 193 Å². The largest absolute Gasteiger partial charge is 0.465 e. The molecule has 0 bridgehead atoms. The summed E-state index contributed by atoms with van der Waals surface area (Å²) in [7, 11) is 0. The van der Waals surface area contributed by atoms with Crippen molar-refractivity contribution in [3.8, 4) is 17.3 Å². The van der Waals surface area contributed by atoms with Crippen LogP contribution in [-0.4, -0.2) is 44.6 Å². The first-order valence-electron chi connectivity index (χ1n) is 11.4. The number of imide groups is 1. The Morgan fingerprint density at radius 2 is 1.82 bits per heavy atom. The van der Waals surface area contributed by atoms with Crippen molar-refractivity contribution in [1.29, 1.82) is 5.26 Å². The fourth-order valence-electron chi connectivity index (χ4n) is 4.25. The van der Waals surface area contributed by atoms with Gasteiger partial charge in [0.25, 0.3) is 5.56 Å². The first kappa shape index (κ1) is 24.1. The molecule has 174 valence electrons. The van der Waals surface area contributed by atoms with Gasteiger partial charge in [0.15, 0.2) is 6.19 Å². The van der Waals surface area contributed by atoms with Gasteiger partial charge < -0.3 is 10.1 Å². The number of carbonyl (C=O) groups is 2. The molecular formula is C25H30N4O4. The Kier molecular flexibility index (Phi) is 7.88. The molecule has 1 fully saturated rings. The second-order valence-electron chi connectivity index (χ2n) is 8.75. The minimum absolute atomic E-state index is 0.0877. The Morgan fingerprint density at radius 3 is 2.39 bits per heavy atom. The highest BCUT2D eigenvalue weighted by molar-refractivity contribution is 5.91.